The van der Waals surface area contributed by atoms with E-state index in [4.69, 9.17) is 10.2 Å². The second-order valence-corrected chi connectivity index (χ2v) is 1.59. The molecule has 0 saturated heterocycles. The van der Waals surface area contributed by atoms with Gasteiger partial charge in [-0.05, 0) is 0 Å². The van der Waals surface area contributed by atoms with Crippen molar-refractivity contribution in [2.75, 3.05) is 0 Å². The fourth-order valence-electron chi connectivity index (χ4n) is 0.263. The second kappa shape index (κ2) is 5.18. The molecule has 0 unspecified atom stereocenters. The van der Waals surface area contributed by atoms with E-state index in [1.807, 2.05) is 0 Å². The molecule has 2 amide bonds. The van der Waals surface area contributed by atoms with E-state index in [1.54, 1.807) is 0 Å². The lowest BCUT2D eigenvalue weighted by Gasteiger charge is -2.01. The van der Waals surface area contributed by atoms with Gasteiger partial charge in [-0.2, -0.15) is 0 Å². The summed E-state index contributed by atoms with van der Waals surface area (Å²) in [7, 11) is 0. The van der Waals surface area contributed by atoms with Gasteiger partial charge in [0, 0.05) is 0 Å². The smallest absolute Gasteiger partial charge is 0.443 e. The largest absolute Gasteiger partial charge is 0.463 e. The summed E-state index contributed by atoms with van der Waals surface area (Å²) in [4.78, 5) is 47.5. The Bertz CT molecular complexity index is 245. The zero-order valence-electron chi connectivity index (χ0n) is 6.34. The Morgan fingerprint density at radius 1 is 0.786 bits per heavy atom. The van der Waals surface area contributed by atoms with Gasteiger partial charge in [0.05, 0.1) is 0 Å². The topological polar surface area (TPSA) is 151 Å². The van der Waals surface area contributed by atoms with Gasteiger partial charge in [-0.1, -0.05) is 0 Å². The Morgan fingerprint density at radius 3 is 1.29 bits per heavy atom. The number of hydrogen-bond acceptors (Lipinski definition) is 6. The molecule has 14 heavy (non-hydrogen) atoms. The standard InChI is InChI=1S/C4H4N2O8/c7-1(13-5-3(9)10)2(8)14-6-4(11)12/h5-6H,(H,9,10)(H,11,12). The number of carbonyl (C=O) groups is 4. The summed E-state index contributed by atoms with van der Waals surface area (Å²) in [6, 6.07) is 0. The van der Waals surface area contributed by atoms with Crippen molar-refractivity contribution in [2.24, 2.45) is 0 Å². The average molecular weight is 208 g/mol. The molecular formula is C4H4N2O8. The SMILES string of the molecule is O=C(O)NOC(=O)C(=O)ONC(=O)O. The van der Waals surface area contributed by atoms with Crippen LogP contribution in [0.15, 0.2) is 0 Å². The highest BCUT2D eigenvalue weighted by Gasteiger charge is 2.20. The van der Waals surface area contributed by atoms with E-state index in [2.05, 4.69) is 9.68 Å². The first kappa shape index (κ1) is 11.5. The lowest BCUT2D eigenvalue weighted by Crippen LogP contribution is -2.34. The molecule has 0 spiro atoms. The number of rotatable bonds is 0. The molecule has 0 aliphatic carbocycles. The predicted octanol–water partition coefficient (Wildman–Crippen LogP) is -1.56. The van der Waals surface area contributed by atoms with Crippen LogP contribution in [0.1, 0.15) is 0 Å². The van der Waals surface area contributed by atoms with E-state index in [1.165, 1.54) is 0 Å². The highest BCUT2D eigenvalue weighted by Crippen LogP contribution is 1.79. The van der Waals surface area contributed by atoms with Gasteiger partial charge in [0.1, 0.15) is 0 Å². The van der Waals surface area contributed by atoms with E-state index < -0.39 is 24.1 Å². The van der Waals surface area contributed by atoms with Crippen LogP contribution in [0.2, 0.25) is 0 Å². The van der Waals surface area contributed by atoms with Crippen LogP contribution < -0.4 is 11.0 Å². The van der Waals surface area contributed by atoms with Crippen LogP contribution in [0.25, 0.3) is 0 Å². The molecule has 0 aromatic carbocycles. The van der Waals surface area contributed by atoms with Gasteiger partial charge in [0.15, 0.2) is 0 Å². The molecule has 0 fully saturated rings. The zero-order chi connectivity index (χ0) is 11.1. The molecule has 0 aromatic rings. The van der Waals surface area contributed by atoms with E-state index in [-0.39, 0.29) is 0 Å². The monoisotopic (exact) mass is 208 g/mol. The van der Waals surface area contributed by atoms with Crippen molar-refractivity contribution in [3.8, 4) is 0 Å². The minimum absolute atomic E-state index is 1.10. The van der Waals surface area contributed by atoms with Crippen molar-refractivity contribution < 1.29 is 39.1 Å². The van der Waals surface area contributed by atoms with Crippen molar-refractivity contribution in [3.05, 3.63) is 0 Å². The molecule has 0 saturated carbocycles. The Balaban J connectivity index is 3.82. The maximum atomic E-state index is 10.4. The van der Waals surface area contributed by atoms with Gasteiger partial charge in [-0.3, -0.25) is 0 Å². The molecule has 0 bridgehead atoms. The summed E-state index contributed by atoms with van der Waals surface area (Å²) >= 11 is 0. The van der Waals surface area contributed by atoms with Crippen LogP contribution in [-0.2, 0) is 19.3 Å². The van der Waals surface area contributed by atoms with Gasteiger partial charge in [0.2, 0.25) is 0 Å². The van der Waals surface area contributed by atoms with E-state index in [0.29, 0.717) is 0 Å². The number of amides is 2. The number of carbonyl (C=O) groups excluding carboxylic acids is 2. The van der Waals surface area contributed by atoms with Gasteiger partial charge in [-0.15, -0.1) is 11.0 Å². The van der Waals surface area contributed by atoms with Crippen LogP contribution in [0.3, 0.4) is 0 Å². The molecule has 0 aromatic heterocycles. The predicted molar refractivity (Wildman–Crippen MR) is 34.5 cm³/mol. The van der Waals surface area contributed by atoms with E-state index in [0.717, 1.165) is 11.0 Å². The quantitative estimate of drug-likeness (QED) is 0.275. The summed E-state index contributed by atoms with van der Waals surface area (Å²) in [6.07, 6.45) is -3.42. The molecule has 10 heteroatoms. The summed E-state index contributed by atoms with van der Waals surface area (Å²) < 4.78 is 0. The number of hydroxylamine groups is 2. The first-order chi connectivity index (χ1) is 6.43. The minimum Gasteiger partial charge on any atom is -0.463 e. The Labute approximate surface area is 75.3 Å². The van der Waals surface area contributed by atoms with E-state index in [9.17, 15) is 19.2 Å². The van der Waals surface area contributed by atoms with Crippen LogP contribution in [0, 0.1) is 0 Å². The number of nitrogens with one attached hydrogen (secondary N) is 2. The summed E-state index contributed by atoms with van der Waals surface area (Å²) in [5, 5.41) is 15.8. The van der Waals surface area contributed by atoms with E-state index >= 15 is 0 Å². The first-order valence-electron chi connectivity index (χ1n) is 2.83. The van der Waals surface area contributed by atoms with Gasteiger partial charge in [0.25, 0.3) is 0 Å². The molecule has 0 rings (SSSR count). The zero-order valence-corrected chi connectivity index (χ0v) is 6.34. The maximum absolute atomic E-state index is 10.4. The lowest BCUT2D eigenvalue weighted by atomic mass is 10.7. The summed E-state index contributed by atoms with van der Waals surface area (Å²) in [6.45, 7) is 0. The minimum atomic E-state index is -1.72. The molecule has 0 aliphatic heterocycles. The molecular weight excluding hydrogens is 204 g/mol. The van der Waals surface area contributed by atoms with Crippen LogP contribution in [0.5, 0.6) is 0 Å². The second-order valence-electron chi connectivity index (χ2n) is 1.59. The molecule has 0 aliphatic rings. The third-order valence-corrected chi connectivity index (χ3v) is 0.629. The van der Waals surface area contributed by atoms with Gasteiger partial charge >= 0.3 is 24.1 Å². The Kier molecular flexibility index (Phi) is 4.25. The highest BCUT2D eigenvalue weighted by molar-refractivity contribution is 6.29. The van der Waals surface area contributed by atoms with Crippen molar-refractivity contribution in [3.63, 3.8) is 0 Å². The fourth-order valence-corrected chi connectivity index (χ4v) is 0.263. The Hall–Kier alpha value is -2.52. The normalized spacial score (nSPS) is 8.29. The van der Waals surface area contributed by atoms with Crippen molar-refractivity contribution >= 4 is 24.1 Å². The van der Waals surface area contributed by atoms with Gasteiger partial charge in [-0.25, -0.2) is 19.2 Å². The molecule has 0 atom stereocenters. The lowest BCUT2D eigenvalue weighted by molar-refractivity contribution is -0.174. The molecule has 0 radical (unpaired) electrons. The Morgan fingerprint density at radius 2 is 1.07 bits per heavy atom. The van der Waals surface area contributed by atoms with Crippen LogP contribution >= 0.6 is 0 Å². The molecule has 4 N–H and O–H groups in total. The van der Waals surface area contributed by atoms with Crippen molar-refractivity contribution in [1.29, 1.82) is 0 Å². The fraction of sp³-hybridized carbons (Fsp3) is 0. The van der Waals surface area contributed by atoms with Crippen molar-refractivity contribution in [1.82, 2.24) is 11.0 Å². The van der Waals surface area contributed by atoms with Gasteiger partial charge < -0.3 is 19.9 Å². The van der Waals surface area contributed by atoms with Crippen LogP contribution in [0.4, 0.5) is 9.59 Å². The summed E-state index contributed by atoms with van der Waals surface area (Å²) in [5.41, 5.74) is 2.21. The number of hydrogen-bond donors (Lipinski definition) is 4. The number of carboxylic acid groups (broad SMARTS) is 2. The summed E-state index contributed by atoms with van der Waals surface area (Å²) in [5.74, 6) is -3.44. The molecule has 10 nitrogen and oxygen atoms in total. The maximum Gasteiger partial charge on any atom is 0.443 e. The third-order valence-electron chi connectivity index (χ3n) is 0.629. The highest BCUT2D eigenvalue weighted by atomic mass is 16.8. The molecule has 0 heterocycles. The van der Waals surface area contributed by atoms with Crippen LogP contribution in [-0.4, -0.2) is 34.3 Å². The van der Waals surface area contributed by atoms with Crippen molar-refractivity contribution in [2.45, 2.75) is 0 Å². The molecule has 78 valence electrons. The first-order valence-corrected chi connectivity index (χ1v) is 2.83. The third kappa shape index (κ3) is 5.17. The average Bonchev–Trinajstić information content (AvgIpc) is 2.09.